The van der Waals surface area contributed by atoms with Crippen LogP contribution in [0.3, 0.4) is 0 Å². The third kappa shape index (κ3) is 4.23. The average Bonchev–Trinajstić information content (AvgIpc) is 2.93. The first kappa shape index (κ1) is 19.6. The van der Waals surface area contributed by atoms with Crippen molar-refractivity contribution >= 4 is 38.8 Å². The van der Waals surface area contributed by atoms with Crippen molar-refractivity contribution in [3.8, 4) is 0 Å². The standard InChI is InChI=1S/C16H25N3O5S2/c1-26(23,24)18-8-6-11(7-9-18)15(21)17-12-4-2-3-5-13(12)19-14(20)10-25-16(19)22/h11-13H,2-10H2,1H3,(H,17,21)/t12-,13+/m0/s1. The van der Waals surface area contributed by atoms with Gasteiger partial charge in [-0.3, -0.25) is 19.3 Å². The number of nitrogens with zero attached hydrogens (tertiary/aromatic N) is 2. The van der Waals surface area contributed by atoms with Gasteiger partial charge in [0.15, 0.2) is 0 Å². The Morgan fingerprint density at radius 3 is 2.35 bits per heavy atom. The molecule has 0 aromatic rings. The lowest BCUT2D eigenvalue weighted by atomic mass is 9.88. The molecule has 10 heteroatoms. The van der Waals surface area contributed by atoms with Crippen LogP contribution in [0.15, 0.2) is 0 Å². The maximum Gasteiger partial charge on any atom is 0.289 e. The second-order valence-electron chi connectivity index (χ2n) is 7.22. The third-order valence-corrected chi connectivity index (χ3v) is 7.61. The molecule has 2 atom stereocenters. The lowest BCUT2D eigenvalue weighted by Crippen LogP contribution is -2.56. The molecule has 26 heavy (non-hydrogen) atoms. The summed E-state index contributed by atoms with van der Waals surface area (Å²) in [6.45, 7) is 0.704. The zero-order valence-electron chi connectivity index (χ0n) is 14.8. The molecular formula is C16H25N3O5S2. The SMILES string of the molecule is CS(=O)(=O)N1CCC(C(=O)N[C@H]2CCCC[C@H]2N2C(=O)CSC2=O)CC1. The van der Waals surface area contributed by atoms with E-state index < -0.39 is 10.0 Å². The molecule has 0 aromatic carbocycles. The number of nitrogens with one attached hydrogen (secondary N) is 1. The van der Waals surface area contributed by atoms with Crippen LogP contribution in [0.25, 0.3) is 0 Å². The van der Waals surface area contributed by atoms with E-state index in [0.29, 0.717) is 25.9 Å². The fourth-order valence-electron chi connectivity index (χ4n) is 4.02. The summed E-state index contributed by atoms with van der Waals surface area (Å²) in [5.41, 5.74) is 0. The molecule has 2 aliphatic heterocycles. The molecule has 3 aliphatic rings. The van der Waals surface area contributed by atoms with Crippen LogP contribution in [0.4, 0.5) is 4.79 Å². The van der Waals surface area contributed by atoms with Crippen molar-refractivity contribution < 1.29 is 22.8 Å². The molecule has 0 spiro atoms. The quantitative estimate of drug-likeness (QED) is 0.744. The highest BCUT2D eigenvalue weighted by molar-refractivity contribution is 8.14. The number of hydrogen-bond acceptors (Lipinski definition) is 6. The minimum Gasteiger partial charge on any atom is -0.351 e. The van der Waals surface area contributed by atoms with Gasteiger partial charge in [0.1, 0.15) is 0 Å². The van der Waals surface area contributed by atoms with Crippen LogP contribution in [-0.2, 0) is 19.6 Å². The summed E-state index contributed by atoms with van der Waals surface area (Å²) in [6.07, 6.45) is 5.53. The topological polar surface area (TPSA) is 104 Å². The molecule has 8 nitrogen and oxygen atoms in total. The predicted octanol–water partition coefficient (Wildman–Crippen LogP) is 0.781. The summed E-state index contributed by atoms with van der Waals surface area (Å²) < 4.78 is 24.6. The molecular weight excluding hydrogens is 378 g/mol. The number of imide groups is 1. The lowest BCUT2D eigenvalue weighted by molar-refractivity contribution is -0.131. The second kappa shape index (κ2) is 7.85. The van der Waals surface area contributed by atoms with Gasteiger partial charge in [0.05, 0.1) is 18.1 Å². The zero-order valence-corrected chi connectivity index (χ0v) is 16.5. The molecule has 1 saturated carbocycles. The number of piperidine rings is 1. The number of amides is 3. The largest absolute Gasteiger partial charge is 0.351 e. The molecule has 0 unspecified atom stereocenters. The first-order chi connectivity index (χ1) is 12.3. The fourth-order valence-corrected chi connectivity index (χ4v) is 5.66. The van der Waals surface area contributed by atoms with E-state index in [-0.39, 0.29) is 40.8 Å². The molecule has 0 aromatic heterocycles. The van der Waals surface area contributed by atoms with Crippen molar-refractivity contribution in [3.63, 3.8) is 0 Å². The Morgan fingerprint density at radius 2 is 1.77 bits per heavy atom. The molecule has 1 N–H and O–H groups in total. The monoisotopic (exact) mass is 403 g/mol. The van der Waals surface area contributed by atoms with Crippen LogP contribution in [-0.4, -0.2) is 71.9 Å². The highest BCUT2D eigenvalue weighted by atomic mass is 32.2. The Kier molecular flexibility index (Phi) is 5.93. The summed E-state index contributed by atoms with van der Waals surface area (Å²) >= 11 is 1.02. The average molecular weight is 404 g/mol. The summed E-state index contributed by atoms with van der Waals surface area (Å²) in [5.74, 6) is -0.315. The maximum atomic E-state index is 12.7. The minimum absolute atomic E-state index is 0.0956. The molecule has 2 heterocycles. The van der Waals surface area contributed by atoms with Crippen LogP contribution in [0.2, 0.25) is 0 Å². The number of thioether (sulfide) groups is 1. The summed E-state index contributed by atoms with van der Waals surface area (Å²) in [4.78, 5) is 38.1. The normalized spacial score (nSPS) is 29.2. The van der Waals surface area contributed by atoms with E-state index in [1.165, 1.54) is 15.5 Å². The van der Waals surface area contributed by atoms with Crippen LogP contribution in [0.5, 0.6) is 0 Å². The second-order valence-corrected chi connectivity index (χ2v) is 10.1. The van der Waals surface area contributed by atoms with Crippen LogP contribution >= 0.6 is 11.8 Å². The number of rotatable bonds is 4. The fraction of sp³-hybridized carbons (Fsp3) is 0.812. The van der Waals surface area contributed by atoms with Gasteiger partial charge in [-0.1, -0.05) is 24.6 Å². The molecule has 1 aliphatic carbocycles. The molecule has 0 radical (unpaired) electrons. The van der Waals surface area contributed by atoms with Gasteiger partial charge in [-0.25, -0.2) is 12.7 Å². The van der Waals surface area contributed by atoms with Gasteiger partial charge in [0, 0.05) is 25.0 Å². The smallest absolute Gasteiger partial charge is 0.289 e. The number of carbonyl (C=O) groups excluding carboxylic acids is 3. The van der Waals surface area contributed by atoms with Crippen molar-refractivity contribution in [2.45, 2.75) is 50.6 Å². The summed E-state index contributed by atoms with van der Waals surface area (Å²) in [5, 5.41) is 2.83. The van der Waals surface area contributed by atoms with Crippen molar-refractivity contribution in [3.05, 3.63) is 0 Å². The molecule has 2 saturated heterocycles. The first-order valence-electron chi connectivity index (χ1n) is 9.01. The van der Waals surface area contributed by atoms with Crippen LogP contribution in [0.1, 0.15) is 38.5 Å². The number of sulfonamides is 1. The summed E-state index contributed by atoms with van der Waals surface area (Å²) in [6, 6.07) is -0.477. The van der Waals surface area contributed by atoms with E-state index in [2.05, 4.69) is 5.32 Å². The van der Waals surface area contributed by atoms with Gasteiger partial charge in [-0.05, 0) is 25.7 Å². The zero-order chi connectivity index (χ0) is 18.9. The first-order valence-corrected chi connectivity index (χ1v) is 11.8. The van der Waals surface area contributed by atoms with E-state index in [0.717, 1.165) is 37.4 Å². The van der Waals surface area contributed by atoms with Gasteiger partial charge in [-0.2, -0.15) is 0 Å². The van der Waals surface area contributed by atoms with E-state index in [9.17, 15) is 22.8 Å². The Bertz CT molecular complexity index is 672. The highest BCUT2D eigenvalue weighted by Gasteiger charge is 2.41. The van der Waals surface area contributed by atoms with Gasteiger partial charge in [0.25, 0.3) is 5.24 Å². The van der Waals surface area contributed by atoms with E-state index in [4.69, 9.17) is 0 Å². The Labute approximate surface area is 158 Å². The molecule has 3 rings (SSSR count). The molecule has 3 amide bonds. The Balaban J connectivity index is 1.61. The van der Waals surface area contributed by atoms with Gasteiger partial charge < -0.3 is 5.32 Å². The summed E-state index contributed by atoms with van der Waals surface area (Å²) in [7, 11) is -3.22. The van der Waals surface area contributed by atoms with Crippen molar-refractivity contribution in [1.29, 1.82) is 0 Å². The van der Waals surface area contributed by atoms with E-state index in [1.54, 1.807) is 0 Å². The molecule has 0 bridgehead atoms. The van der Waals surface area contributed by atoms with Crippen molar-refractivity contribution in [1.82, 2.24) is 14.5 Å². The van der Waals surface area contributed by atoms with Crippen molar-refractivity contribution in [2.75, 3.05) is 25.1 Å². The highest BCUT2D eigenvalue weighted by Crippen LogP contribution is 2.30. The van der Waals surface area contributed by atoms with E-state index >= 15 is 0 Å². The number of carbonyl (C=O) groups is 3. The minimum atomic E-state index is -3.22. The molecule has 146 valence electrons. The van der Waals surface area contributed by atoms with Crippen LogP contribution < -0.4 is 5.32 Å². The van der Waals surface area contributed by atoms with E-state index in [1.807, 2.05) is 0 Å². The third-order valence-electron chi connectivity index (χ3n) is 5.47. The maximum absolute atomic E-state index is 12.7. The number of hydrogen-bond donors (Lipinski definition) is 1. The van der Waals surface area contributed by atoms with Gasteiger partial charge in [0.2, 0.25) is 21.8 Å². The van der Waals surface area contributed by atoms with Gasteiger partial charge >= 0.3 is 0 Å². The van der Waals surface area contributed by atoms with Gasteiger partial charge in [-0.15, -0.1) is 0 Å². The molecule has 3 fully saturated rings. The Hall–Kier alpha value is -1.13. The Morgan fingerprint density at radius 1 is 1.12 bits per heavy atom. The predicted molar refractivity (Wildman–Crippen MR) is 98.0 cm³/mol. The van der Waals surface area contributed by atoms with Crippen LogP contribution in [0, 0.1) is 5.92 Å². The van der Waals surface area contributed by atoms with Crippen molar-refractivity contribution in [2.24, 2.45) is 5.92 Å². The lowest BCUT2D eigenvalue weighted by Gasteiger charge is -2.38.